The lowest BCUT2D eigenvalue weighted by Gasteiger charge is -2.19. The van der Waals surface area contributed by atoms with Gasteiger partial charge in [-0.25, -0.2) is 14.7 Å². The van der Waals surface area contributed by atoms with Crippen molar-refractivity contribution in [2.75, 3.05) is 4.90 Å². The highest BCUT2D eigenvalue weighted by Gasteiger charge is 2.38. The normalized spacial score (nSPS) is 24.3. The Bertz CT molecular complexity index is 478. The summed E-state index contributed by atoms with van der Waals surface area (Å²) in [4.78, 5) is 16.0. The van der Waals surface area contributed by atoms with Crippen molar-refractivity contribution in [3.8, 4) is 0 Å². The van der Waals surface area contributed by atoms with Crippen molar-refractivity contribution < 1.29 is 23.1 Å². The number of aliphatic hydroxyl groups is 1. The highest BCUT2D eigenvalue weighted by atomic mass is 19.4. The minimum Gasteiger partial charge on any atom is -0.371 e. The van der Waals surface area contributed by atoms with Gasteiger partial charge in [0.2, 0.25) is 0 Å². The van der Waals surface area contributed by atoms with Gasteiger partial charge in [-0.1, -0.05) is 0 Å². The van der Waals surface area contributed by atoms with Crippen LogP contribution in [0.3, 0.4) is 0 Å². The van der Waals surface area contributed by atoms with E-state index in [0.29, 0.717) is 0 Å². The molecule has 1 aromatic heterocycles. The number of amides is 2. The molecule has 2 amide bonds. The lowest BCUT2D eigenvalue weighted by molar-refractivity contribution is -0.137. The monoisotopic (exact) mass is 261 g/mol. The van der Waals surface area contributed by atoms with E-state index in [9.17, 15) is 23.1 Å². The van der Waals surface area contributed by atoms with Crippen molar-refractivity contribution in [2.24, 2.45) is 0 Å². The number of aromatic nitrogens is 1. The summed E-state index contributed by atoms with van der Waals surface area (Å²) in [6.07, 6.45) is -4.82. The third-order valence-electron chi connectivity index (χ3n) is 2.60. The first kappa shape index (κ1) is 12.6. The number of hydrogen-bond acceptors (Lipinski definition) is 3. The first-order valence-corrected chi connectivity index (χ1v) is 5.12. The Morgan fingerprint density at radius 1 is 1.50 bits per heavy atom. The molecule has 2 N–H and O–H groups in total. The van der Waals surface area contributed by atoms with Crippen molar-refractivity contribution in [2.45, 2.75) is 25.4 Å². The fourth-order valence-electron chi connectivity index (χ4n) is 1.65. The van der Waals surface area contributed by atoms with E-state index in [2.05, 4.69) is 10.3 Å². The largest absolute Gasteiger partial charge is 0.416 e. The summed E-state index contributed by atoms with van der Waals surface area (Å²) in [5, 5.41) is 12.1. The molecule has 1 aliphatic heterocycles. The maximum absolute atomic E-state index is 12.5. The molecule has 18 heavy (non-hydrogen) atoms. The number of aliphatic hydroxyl groups excluding tert-OH is 1. The van der Waals surface area contributed by atoms with E-state index in [-0.39, 0.29) is 5.82 Å². The first-order valence-electron chi connectivity index (χ1n) is 5.12. The van der Waals surface area contributed by atoms with Gasteiger partial charge < -0.3 is 10.4 Å². The molecule has 0 radical (unpaired) electrons. The number of rotatable bonds is 1. The second-order valence-electron chi connectivity index (χ2n) is 3.92. The van der Waals surface area contributed by atoms with E-state index in [1.54, 1.807) is 0 Å². The summed E-state index contributed by atoms with van der Waals surface area (Å²) in [6, 6.07) is 0.268. The van der Waals surface area contributed by atoms with Crippen LogP contribution in [0.15, 0.2) is 18.3 Å². The molecular weight excluding hydrogens is 251 g/mol. The van der Waals surface area contributed by atoms with Gasteiger partial charge in [0.25, 0.3) is 0 Å². The van der Waals surface area contributed by atoms with E-state index < -0.39 is 30.0 Å². The average molecular weight is 261 g/mol. The van der Waals surface area contributed by atoms with Crippen LogP contribution >= 0.6 is 0 Å². The summed E-state index contributed by atoms with van der Waals surface area (Å²) in [7, 11) is 0. The molecule has 0 bridgehead atoms. The third kappa shape index (κ3) is 2.10. The van der Waals surface area contributed by atoms with Crippen LogP contribution in [-0.4, -0.2) is 28.4 Å². The van der Waals surface area contributed by atoms with Gasteiger partial charge in [0.1, 0.15) is 5.82 Å². The van der Waals surface area contributed by atoms with Crippen LogP contribution in [0.2, 0.25) is 0 Å². The Morgan fingerprint density at radius 2 is 2.17 bits per heavy atom. The quantitative estimate of drug-likeness (QED) is 0.801. The van der Waals surface area contributed by atoms with Crippen LogP contribution in [0.1, 0.15) is 12.5 Å². The van der Waals surface area contributed by atoms with Crippen molar-refractivity contribution in [1.82, 2.24) is 10.3 Å². The molecule has 0 saturated carbocycles. The molecule has 5 nitrogen and oxygen atoms in total. The lowest BCUT2D eigenvalue weighted by Crippen LogP contribution is -2.36. The molecule has 1 aromatic rings. The molecule has 1 saturated heterocycles. The molecule has 2 heterocycles. The number of carbonyl (C=O) groups excluding carboxylic acids is 1. The SMILES string of the molecule is C[C@@H]1NC(=O)N(c2cc(C(F)(F)F)ccn2)C1O. The van der Waals surface area contributed by atoms with Crippen molar-refractivity contribution in [3.05, 3.63) is 23.9 Å². The number of alkyl halides is 3. The Kier molecular flexibility index (Phi) is 2.89. The van der Waals surface area contributed by atoms with Gasteiger partial charge >= 0.3 is 12.2 Å². The summed E-state index contributed by atoms with van der Waals surface area (Å²) < 4.78 is 37.5. The van der Waals surface area contributed by atoms with Gasteiger partial charge in [0.15, 0.2) is 6.23 Å². The summed E-state index contributed by atoms with van der Waals surface area (Å²) in [6.45, 7) is 1.54. The molecule has 2 rings (SSSR count). The maximum Gasteiger partial charge on any atom is 0.416 e. The smallest absolute Gasteiger partial charge is 0.371 e. The Hall–Kier alpha value is -1.83. The zero-order chi connectivity index (χ0) is 13.5. The van der Waals surface area contributed by atoms with Gasteiger partial charge in [-0.15, -0.1) is 0 Å². The van der Waals surface area contributed by atoms with Crippen LogP contribution < -0.4 is 10.2 Å². The lowest BCUT2D eigenvalue weighted by atomic mass is 10.2. The van der Waals surface area contributed by atoms with Gasteiger partial charge in [-0.3, -0.25) is 0 Å². The topological polar surface area (TPSA) is 65.5 Å². The Labute approximate surface area is 100 Å². The third-order valence-corrected chi connectivity index (χ3v) is 2.60. The first-order chi connectivity index (χ1) is 8.30. The summed E-state index contributed by atoms with van der Waals surface area (Å²) in [5.74, 6) is -0.237. The molecule has 8 heteroatoms. The molecule has 0 spiro atoms. The standard InChI is InChI=1S/C10H10F3N3O2/c1-5-8(17)16(9(18)15-5)7-4-6(2-3-14-7)10(11,12)13/h2-5,8,17H,1H3,(H,15,18)/t5-,8?/m0/s1. The number of nitrogens with zero attached hydrogens (tertiary/aromatic N) is 2. The number of anilines is 1. The highest BCUT2D eigenvalue weighted by molar-refractivity contribution is 5.94. The van der Waals surface area contributed by atoms with Crippen LogP contribution in [0.25, 0.3) is 0 Å². The van der Waals surface area contributed by atoms with Crippen LogP contribution in [-0.2, 0) is 6.18 Å². The second-order valence-corrected chi connectivity index (χ2v) is 3.92. The molecule has 0 aliphatic carbocycles. The number of nitrogens with one attached hydrogen (secondary N) is 1. The van der Waals surface area contributed by atoms with Gasteiger partial charge in [0, 0.05) is 6.20 Å². The maximum atomic E-state index is 12.5. The van der Waals surface area contributed by atoms with E-state index in [1.807, 2.05) is 0 Å². The van der Waals surface area contributed by atoms with Gasteiger partial charge in [-0.2, -0.15) is 13.2 Å². The van der Waals surface area contributed by atoms with Crippen molar-refractivity contribution >= 4 is 11.8 Å². The molecule has 2 atom stereocenters. The zero-order valence-electron chi connectivity index (χ0n) is 9.27. The van der Waals surface area contributed by atoms with E-state index >= 15 is 0 Å². The van der Waals surface area contributed by atoms with Gasteiger partial charge in [0.05, 0.1) is 11.6 Å². The van der Waals surface area contributed by atoms with Crippen LogP contribution in [0, 0.1) is 0 Å². The van der Waals surface area contributed by atoms with E-state index in [0.717, 1.165) is 23.2 Å². The number of urea groups is 1. The minimum atomic E-state index is -4.52. The van der Waals surface area contributed by atoms with Crippen molar-refractivity contribution in [3.63, 3.8) is 0 Å². The molecule has 98 valence electrons. The number of hydrogen-bond donors (Lipinski definition) is 2. The van der Waals surface area contributed by atoms with Crippen LogP contribution in [0.4, 0.5) is 23.8 Å². The zero-order valence-corrected chi connectivity index (χ0v) is 9.27. The number of halogens is 3. The Morgan fingerprint density at radius 3 is 2.67 bits per heavy atom. The molecule has 1 fully saturated rings. The highest BCUT2D eigenvalue weighted by Crippen LogP contribution is 2.31. The Balaban J connectivity index is 2.37. The molecule has 0 aromatic carbocycles. The fraction of sp³-hybridized carbons (Fsp3) is 0.400. The number of pyridine rings is 1. The van der Waals surface area contributed by atoms with E-state index in [4.69, 9.17) is 0 Å². The average Bonchev–Trinajstić information content (AvgIpc) is 2.52. The fourth-order valence-corrected chi connectivity index (χ4v) is 1.65. The summed E-state index contributed by atoms with van der Waals surface area (Å²) in [5.41, 5.74) is -0.924. The number of carbonyl (C=O) groups is 1. The molecular formula is C10H10F3N3O2. The molecule has 1 aliphatic rings. The second kappa shape index (κ2) is 4.13. The minimum absolute atomic E-state index is 0.237. The van der Waals surface area contributed by atoms with E-state index in [1.165, 1.54) is 6.92 Å². The summed E-state index contributed by atoms with van der Waals surface area (Å²) >= 11 is 0. The van der Waals surface area contributed by atoms with Gasteiger partial charge in [-0.05, 0) is 19.1 Å². The van der Waals surface area contributed by atoms with Crippen LogP contribution in [0.5, 0.6) is 0 Å². The molecule has 1 unspecified atom stereocenters. The van der Waals surface area contributed by atoms with Crippen molar-refractivity contribution in [1.29, 1.82) is 0 Å². The predicted molar refractivity (Wildman–Crippen MR) is 55.7 cm³/mol. The predicted octanol–water partition coefficient (Wildman–Crippen LogP) is 1.34.